The molecule has 36 heavy (non-hydrogen) atoms. The van der Waals surface area contributed by atoms with E-state index in [4.69, 9.17) is 10.2 Å². The molecule has 0 atom stereocenters. The van der Waals surface area contributed by atoms with Gasteiger partial charge in [-0.15, -0.1) is 0 Å². The van der Waals surface area contributed by atoms with Gasteiger partial charge in [0.25, 0.3) is 0 Å². The summed E-state index contributed by atoms with van der Waals surface area (Å²) >= 11 is 0. The summed E-state index contributed by atoms with van der Waals surface area (Å²) in [4.78, 5) is 56.8. The third kappa shape index (κ3) is 12.0. The highest BCUT2D eigenvalue weighted by molar-refractivity contribution is 8.77. The van der Waals surface area contributed by atoms with Crippen molar-refractivity contribution >= 4 is 66.9 Å². The Kier molecular flexibility index (Phi) is 14.2. The van der Waals surface area contributed by atoms with Crippen LogP contribution in [0.15, 0.2) is 58.8 Å². The lowest BCUT2D eigenvalue weighted by molar-refractivity contribution is -0.166. The Morgan fingerprint density at radius 1 is 0.667 bits per heavy atom. The van der Waals surface area contributed by atoms with E-state index in [2.05, 4.69) is 9.97 Å². The monoisotopic (exact) mass is 570 g/mol. The van der Waals surface area contributed by atoms with Gasteiger partial charge in [-0.1, -0.05) is 33.7 Å². The van der Waals surface area contributed by atoms with Crippen LogP contribution in [0.25, 0.3) is 0 Å². The number of hydrogen-bond donors (Lipinski definition) is 2. The normalized spacial score (nSPS) is 10.6. The van der Waals surface area contributed by atoms with Gasteiger partial charge in [-0.05, 0) is 45.9 Å². The molecule has 2 heterocycles. The Morgan fingerprint density at radius 2 is 1.08 bits per heavy atom. The van der Waals surface area contributed by atoms with Crippen LogP contribution in [0, 0.1) is 0 Å². The number of carbonyl (C=O) groups is 4. The van der Waals surface area contributed by atoms with Crippen molar-refractivity contribution in [2.45, 2.75) is 35.7 Å². The second-order valence-corrected chi connectivity index (χ2v) is 11.8. The van der Waals surface area contributed by atoms with E-state index in [1.807, 2.05) is 24.3 Å². The van der Waals surface area contributed by atoms with Crippen LogP contribution in [0.4, 0.5) is 0 Å². The summed E-state index contributed by atoms with van der Waals surface area (Å²) in [7, 11) is 5.63. The molecule has 2 rings (SSSR count). The molecule has 2 aromatic rings. The van der Waals surface area contributed by atoms with Gasteiger partial charge in [0.15, 0.2) is 0 Å². The van der Waals surface area contributed by atoms with Crippen molar-refractivity contribution in [3.63, 3.8) is 0 Å². The van der Waals surface area contributed by atoms with Crippen molar-refractivity contribution in [2.24, 2.45) is 0 Å². The fourth-order valence-electron chi connectivity index (χ4n) is 2.68. The van der Waals surface area contributed by atoms with Gasteiger partial charge in [-0.25, -0.2) is 9.97 Å². The summed E-state index contributed by atoms with van der Waals surface area (Å²) < 4.78 is 0. The van der Waals surface area contributed by atoms with Gasteiger partial charge in [0.1, 0.15) is 10.1 Å². The summed E-state index contributed by atoms with van der Waals surface area (Å²) in [6, 6.07) is 11.0. The maximum absolute atomic E-state index is 13.0. The second kappa shape index (κ2) is 17.1. The van der Waals surface area contributed by atoms with Crippen LogP contribution < -0.4 is 0 Å². The average molecular weight is 571 g/mol. The van der Waals surface area contributed by atoms with Crippen LogP contribution in [0.1, 0.15) is 25.7 Å². The zero-order valence-corrected chi connectivity index (χ0v) is 22.5. The van der Waals surface area contributed by atoms with E-state index < -0.39 is 23.8 Å². The lowest BCUT2D eigenvalue weighted by Gasteiger charge is -2.34. The number of hydrogen-bond acceptors (Lipinski definition) is 10. The van der Waals surface area contributed by atoms with Crippen LogP contribution in [0.2, 0.25) is 0 Å². The SMILES string of the molecule is O=C(O)CCN(C(=O)CCSSc1ccccn1)N(CCC(=O)O)C(=O)CCSSc1ccccn1. The van der Waals surface area contributed by atoms with Crippen LogP contribution in [-0.4, -0.2) is 78.5 Å². The first kappa shape index (κ1) is 29.8. The van der Waals surface area contributed by atoms with Gasteiger partial charge in [0.05, 0.1) is 25.9 Å². The molecule has 0 saturated carbocycles. The number of rotatable bonds is 16. The molecule has 14 heteroatoms. The van der Waals surface area contributed by atoms with Gasteiger partial charge in [0.2, 0.25) is 11.8 Å². The van der Waals surface area contributed by atoms with Crippen molar-refractivity contribution in [1.29, 1.82) is 0 Å². The maximum atomic E-state index is 13.0. The Bertz CT molecular complexity index is 908. The lowest BCUT2D eigenvalue weighted by atomic mass is 10.3. The van der Waals surface area contributed by atoms with Gasteiger partial charge in [-0.2, -0.15) is 0 Å². The van der Waals surface area contributed by atoms with E-state index in [-0.39, 0.29) is 38.8 Å². The van der Waals surface area contributed by atoms with Crippen LogP contribution >= 0.6 is 43.2 Å². The predicted molar refractivity (Wildman–Crippen MR) is 142 cm³/mol. The molecule has 0 aliphatic heterocycles. The molecular weight excluding hydrogens is 545 g/mol. The lowest BCUT2D eigenvalue weighted by Crippen LogP contribution is -2.51. The Labute approximate surface area is 224 Å². The highest BCUT2D eigenvalue weighted by Crippen LogP contribution is 2.30. The first-order valence-corrected chi connectivity index (χ1v) is 15.5. The molecule has 0 aliphatic rings. The number of pyridine rings is 2. The molecule has 0 aromatic carbocycles. The molecule has 0 radical (unpaired) electrons. The fraction of sp³-hybridized carbons (Fsp3) is 0.364. The fourth-order valence-corrected chi connectivity index (χ4v) is 6.39. The molecule has 0 aliphatic carbocycles. The Hall–Kier alpha value is -2.42. The minimum Gasteiger partial charge on any atom is -0.481 e. The standard InChI is InChI=1S/C22H26N4O6S4/c27-19(9-15-33-35-17-5-1-3-11-23-17)25(13-7-21(29)30)26(14-8-22(31)32)20(28)10-16-34-36-18-6-2-4-12-24-18/h1-6,11-12H,7-10,13-16H2,(H,29,30)(H,31,32). The maximum Gasteiger partial charge on any atom is 0.305 e. The van der Waals surface area contributed by atoms with Crippen molar-refractivity contribution in [3.8, 4) is 0 Å². The summed E-state index contributed by atoms with van der Waals surface area (Å²) in [6.07, 6.45) is 2.68. The minimum absolute atomic E-state index is 0.0469. The number of aromatic nitrogens is 2. The van der Waals surface area contributed by atoms with Gasteiger partial charge in [-0.3, -0.25) is 29.2 Å². The molecule has 2 amide bonds. The molecule has 0 fully saturated rings. The Morgan fingerprint density at radius 3 is 1.42 bits per heavy atom. The van der Waals surface area contributed by atoms with Gasteiger partial charge in [0, 0.05) is 36.7 Å². The van der Waals surface area contributed by atoms with E-state index in [1.54, 1.807) is 24.5 Å². The van der Waals surface area contributed by atoms with Gasteiger partial charge >= 0.3 is 11.9 Å². The second-order valence-electron chi connectivity index (χ2n) is 6.97. The van der Waals surface area contributed by atoms with Crippen molar-refractivity contribution in [2.75, 3.05) is 24.6 Å². The highest BCUT2D eigenvalue weighted by atomic mass is 33.1. The van der Waals surface area contributed by atoms with Crippen LogP contribution in [-0.2, 0) is 19.2 Å². The third-order valence-electron chi connectivity index (χ3n) is 4.30. The quantitative estimate of drug-likeness (QED) is 0.171. The van der Waals surface area contributed by atoms with Gasteiger partial charge < -0.3 is 10.2 Å². The van der Waals surface area contributed by atoms with Crippen molar-refractivity contribution in [3.05, 3.63) is 48.8 Å². The van der Waals surface area contributed by atoms with E-state index in [9.17, 15) is 19.2 Å². The molecule has 2 N–H and O–H groups in total. The number of hydrazine groups is 1. The molecule has 10 nitrogen and oxygen atoms in total. The highest BCUT2D eigenvalue weighted by Gasteiger charge is 2.27. The zero-order valence-electron chi connectivity index (χ0n) is 19.2. The molecular formula is C22H26N4O6S4. The van der Waals surface area contributed by atoms with Crippen molar-refractivity contribution in [1.82, 2.24) is 20.0 Å². The number of carbonyl (C=O) groups excluding carboxylic acids is 2. The first-order chi connectivity index (χ1) is 17.4. The predicted octanol–water partition coefficient (Wildman–Crippen LogP) is 3.96. The number of aliphatic carboxylic acids is 2. The molecule has 2 aromatic heterocycles. The number of nitrogens with zero attached hydrogens (tertiary/aromatic N) is 4. The molecule has 0 unspecified atom stereocenters. The smallest absolute Gasteiger partial charge is 0.305 e. The van der Waals surface area contributed by atoms with E-state index >= 15 is 0 Å². The van der Waals surface area contributed by atoms with E-state index in [0.717, 1.165) is 20.1 Å². The van der Waals surface area contributed by atoms with Crippen LogP contribution in [0.5, 0.6) is 0 Å². The summed E-state index contributed by atoms with van der Waals surface area (Å²) in [6.45, 7) is -0.458. The van der Waals surface area contributed by atoms with E-state index in [1.165, 1.54) is 43.2 Å². The van der Waals surface area contributed by atoms with E-state index in [0.29, 0.717) is 11.5 Å². The number of amides is 2. The number of carboxylic acid groups (broad SMARTS) is 2. The molecule has 0 saturated heterocycles. The molecule has 0 bridgehead atoms. The average Bonchev–Trinajstić information content (AvgIpc) is 2.87. The topological polar surface area (TPSA) is 141 Å². The molecule has 194 valence electrons. The third-order valence-corrected chi connectivity index (χ3v) is 8.84. The first-order valence-electron chi connectivity index (χ1n) is 10.8. The summed E-state index contributed by atoms with van der Waals surface area (Å²) in [5, 5.41) is 22.0. The van der Waals surface area contributed by atoms with Crippen molar-refractivity contribution < 1.29 is 29.4 Å². The summed E-state index contributed by atoms with van der Waals surface area (Å²) in [5.74, 6) is -2.33. The zero-order chi connectivity index (χ0) is 26.2. The minimum atomic E-state index is -1.12. The Balaban J connectivity index is 1.98. The summed E-state index contributed by atoms with van der Waals surface area (Å²) in [5.41, 5.74) is 0. The largest absolute Gasteiger partial charge is 0.481 e. The van der Waals surface area contributed by atoms with Crippen LogP contribution in [0.3, 0.4) is 0 Å². The number of carboxylic acids is 2. The molecule has 0 spiro atoms.